The Labute approximate surface area is 125 Å². The van der Waals surface area contributed by atoms with Gasteiger partial charge in [-0.05, 0) is 40.5 Å². The van der Waals surface area contributed by atoms with E-state index >= 15 is 0 Å². The van der Waals surface area contributed by atoms with Gasteiger partial charge in [-0.1, -0.05) is 6.42 Å². The van der Waals surface area contributed by atoms with Gasteiger partial charge in [0.2, 0.25) is 5.91 Å². The molecule has 21 heavy (non-hydrogen) atoms. The number of nitrogens with one attached hydrogen (secondary N) is 3. The van der Waals surface area contributed by atoms with Crippen LogP contribution in [0, 0.1) is 0 Å². The van der Waals surface area contributed by atoms with Crippen molar-refractivity contribution >= 4 is 17.9 Å². The Bertz CT molecular complexity index is 364. The summed E-state index contributed by atoms with van der Waals surface area (Å²) in [5.74, 6) is -1.04. The second-order valence-electron chi connectivity index (χ2n) is 6.07. The molecule has 1 unspecified atom stereocenters. The highest BCUT2D eigenvalue weighted by Gasteiger charge is 2.20. The molecule has 122 valence electrons. The van der Waals surface area contributed by atoms with Crippen LogP contribution in [-0.2, 0) is 9.59 Å². The predicted octanol–water partition coefficient (Wildman–Crippen LogP) is 1.23. The van der Waals surface area contributed by atoms with Gasteiger partial charge in [0, 0.05) is 18.5 Å². The van der Waals surface area contributed by atoms with E-state index in [2.05, 4.69) is 16.0 Å². The number of carboxylic acid groups (broad SMARTS) is 1. The maximum Gasteiger partial charge on any atom is 0.315 e. The van der Waals surface area contributed by atoms with Gasteiger partial charge in [-0.25, -0.2) is 4.79 Å². The van der Waals surface area contributed by atoms with Crippen molar-refractivity contribution in [3.8, 4) is 0 Å². The zero-order valence-corrected chi connectivity index (χ0v) is 13.3. The molecule has 0 spiro atoms. The lowest BCUT2D eigenvalue weighted by Gasteiger charge is -2.23. The lowest BCUT2D eigenvalue weighted by Crippen LogP contribution is -2.52. The maximum atomic E-state index is 11.8. The summed E-state index contributed by atoms with van der Waals surface area (Å²) < 4.78 is 0. The lowest BCUT2D eigenvalue weighted by molar-refractivity contribution is -0.137. The Morgan fingerprint density at radius 2 is 1.71 bits per heavy atom. The standard InChI is InChI=1S/C14H27N3O4/c1-10(12(20)17-14(2,3)4)16-13(21)15-9-7-5-6-8-11(18)19/h10H,5-9H2,1-4H3,(H,17,20)(H,18,19)(H2,15,16,21). The molecule has 7 nitrogen and oxygen atoms in total. The summed E-state index contributed by atoms with van der Waals surface area (Å²) in [7, 11) is 0. The van der Waals surface area contributed by atoms with Gasteiger partial charge in [0.15, 0.2) is 0 Å². The fourth-order valence-corrected chi connectivity index (χ4v) is 1.57. The van der Waals surface area contributed by atoms with Crippen LogP contribution in [0.5, 0.6) is 0 Å². The zero-order valence-electron chi connectivity index (χ0n) is 13.3. The Morgan fingerprint density at radius 3 is 2.24 bits per heavy atom. The number of hydrogen-bond acceptors (Lipinski definition) is 3. The first-order valence-electron chi connectivity index (χ1n) is 7.20. The van der Waals surface area contributed by atoms with Crippen molar-refractivity contribution in [3.05, 3.63) is 0 Å². The van der Waals surface area contributed by atoms with Gasteiger partial charge in [0.1, 0.15) is 6.04 Å². The SMILES string of the molecule is CC(NC(=O)NCCCCCC(=O)O)C(=O)NC(C)(C)C. The summed E-state index contributed by atoms with van der Waals surface area (Å²) in [6, 6.07) is -1.01. The summed E-state index contributed by atoms with van der Waals surface area (Å²) >= 11 is 0. The third-order valence-corrected chi connectivity index (χ3v) is 2.59. The number of amides is 3. The van der Waals surface area contributed by atoms with Crippen LogP contribution in [-0.4, -0.2) is 41.1 Å². The number of unbranched alkanes of at least 4 members (excludes halogenated alkanes) is 2. The lowest BCUT2D eigenvalue weighted by atomic mass is 10.1. The highest BCUT2D eigenvalue weighted by atomic mass is 16.4. The van der Waals surface area contributed by atoms with E-state index in [0.29, 0.717) is 19.4 Å². The molecule has 4 N–H and O–H groups in total. The first-order valence-corrected chi connectivity index (χ1v) is 7.20. The van der Waals surface area contributed by atoms with E-state index in [1.165, 1.54) is 0 Å². The van der Waals surface area contributed by atoms with Crippen LogP contribution in [0.4, 0.5) is 4.79 Å². The molecule has 0 aliphatic carbocycles. The molecule has 0 aromatic carbocycles. The molecule has 0 aromatic rings. The van der Waals surface area contributed by atoms with Crippen molar-refractivity contribution < 1.29 is 19.5 Å². The molecular formula is C14H27N3O4. The molecule has 1 atom stereocenters. The molecule has 0 aliphatic rings. The number of carbonyl (C=O) groups is 3. The summed E-state index contributed by atoms with van der Waals surface area (Å²) in [5.41, 5.74) is -0.340. The van der Waals surface area contributed by atoms with Gasteiger partial charge in [0.05, 0.1) is 0 Å². The second kappa shape index (κ2) is 9.20. The van der Waals surface area contributed by atoms with E-state index in [1.807, 2.05) is 20.8 Å². The first-order chi connectivity index (χ1) is 9.61. The molecule has 0 fully saturated rings. The van der Waals surface area contributed by atoms with Crippen LogP contribution in [0.15, 0.2) is 0 Å². The number of urea groups is 1. The minimum absolute atomic E-state index is 0.149. The van der Waals surface area contributed by atoms with Gasteiger partial charge in [-0.2, -0.15) is 0 Å². The highest BCUT2D eigenvalue weighted by molar-refractivity contribution is 5.87. The Hall–Kier alpha value is -1.79. The second-order valence-corrected chi connectivity index (χ2v) is 6.07. The van der Waals surface area contributed by atoms with Crippen molar-refractivity contribution in [2.45, 2.75) is 65.0 Å². The predicted molar refractivity (Wildman–Crippen MR) is 80.0 cm³/mol. The molecule has 0 saturated heterocycles. The average molecular weight is 301 g/mol. The molecule has 7 heteroatoms. The van der Waals surface area contributed by atoms with Crippen LogP contribution in [0.1, 0.15) is 53.4 Å². The van der Waals surface area contributed by atoms with E-state index in [1.54, 1.807) is 6.92 Å². The highest BCUT2D eigenvalue weighted by Crippen LogP contribution is 2.00. The molecule has 3 amide bonds. The Kier molecular flexibility index (Phi) is 8.42. The summed E-state index contributed by atoms with van der Waals surface area (Å²) in [5, 5.41) is 16.5. The molecule has 0 bridgehead atoms. The van der Waals surface area contributed by atoms with Crippen LogP contribution in [0.2, 0.25) is 0 Å². The van der Waals surface area contributed by atoms with E-state index in [0.717, 1.165) is 6.42 Å². The molecule has 0 rings (SSSR count). The minimum Gasteiger partial charge on any atom is -0.481 e. The number of hydrogen-bond donors (Lipinski definition) is 4. The minimum atomic E-state index is -0.806. The van der Waals surface area contributed by atoms with Crippen LogP contribution in [0.3, 0.4) is 0 Å². The van der Waals surface area contributed by atoms with Crippen LogP contribution < -0.4 is 16.0 Å². The van der Waals surface area contributed by atoms with Gasteiger partial charge in [-0.15, -0.1) is 0 Å². The molecule has 0 aromatic heterocycles. The van der Waals surface area contributed by atoms with Gasteiger partial charge in [0.25, 0.3) is 0 Å². The normalized spacial score (nSPS) is 12.4. The molecule has 0 radical (unpaired) electrons. The Morgan fingerprint density at radius 1 is 1.10 bits per heavy atom. The number of carbonyl (C=O) groups excluding carboxylic acids is 2. The average Bonchev–Trinajstić information content (AvgIpc) is 2.30. The third kappa shape index (κ3) is 11.7. The smallest absolute Gasteiger partial charge is 0.315 e. The molecule has 0 aliphatic heterocycles. The fraction of sp³-hybridized carbons (Fsp3) is 0.786. The third-order valence-electron chi connectivity index (χ3n) is 2.59. The molecule has 0 saturated carbocycles. The maximum absolute atomic E-state index is 11.8. The molecule has 0 heterocycles. The first kappa shape index (κ1) is 19.2. The van der Waals surface area contributed by atoms with Crippen molar-refractivity contribution in [2.24, 2.45) is 0 Å². The fourth-order valence-electron chi connectivity index (χ4n) is 1.57. The quantitative estimate of drug-likeness (QED) is 0.506. The van der Waals surface area contributed by atoms with Gasteiger partial charge < -0.3 is 21.1 Å². The van der Waals surface area contributed by atoms with E-state index in [9.17, 15) is 14.4 Å². The zero-order chi connectivity index (χ0) is 16.5. The van der Waals surface area contributed by atoms with Crippen molar-refractivity contribution in [1.29, 1.82) is 0 Å². The Balaban J connectivity index is 3.78. The van der Waals surface area contributed by atoms with E-state index < -0.39 is 18.0 Å². The largest absolute Gasteiger partial charge is 0.481 e. The number of carboxylic acids is 1. The van der Waals surface area contributed by atoms with Crippen LogP contribution >= 0.6 is 0 Å². The summed E-state index contributed by atoms with van der Waals surface area (Å²) in [6.45, 7) is 7.69. The number of aliphatic carboxylic acids is 1. The summed E-state index contributed by atoms with van der Waals surface area (Å²) in [4.78, 5) is 33.6. The van der Waals surface area contributed by atoms with E-state index in [-0.39, 0.29) is 17.9 Å². The monoisotopic (exact) mass is 301 g/mol. The van der Waals surface area contributed by atoms with Gasteiger partial charge in [-0.3, -0.25) is 9.59 Å². The summed E-state index contributed by atoms with van der Waals surface area (Å²) in [6.07, 6.45) is 2.20. The van der Waals surface area contributed by atoms with Crippen LogP contribution in [0.25, 0.3) is 0 Å². The van der Waals surface area contributed by atoms with Crippen molar-refractivity contribution in [1.82, 2.24) is 16.0 Å². The van der Waals surface area contributed by atoms with Gasteiger partial charge >= 0.3 is 12.0 Å². The van der Waals surface area contributed by atoms with Crippen molar-refractivity contribution in [2.75, 3.05) is 6.54 Å². The topological polar surface area (TPSA) is 108 Å². The molecular weight excluding hydrogens is 274 g/mol. The van der Waals surface area contributed by atoms with E-state index in [4.69, 9.17) is 5.11 Å². The van der Waals surface area contributed by atoms with Crippen molar-refractivity contribution in [3.63, 3.8) is 0 Å². The number of rotatable bonds is 8.